The van der Waals surface area contributed by atoms with Crippen LogP contribution in [0.1, 0.15) is 48.8 Å². The molecule has 11 heteroatoms. The second kappa shape index (κ2) is 9.67. The third kappa shape index (κ3) is 4.66. The van der Waals surface area contributed by atoms with Crippen LogP contribution < -0.4 is 15.0 Å². The van der Waals surface area contributed by atoms with Gasteiger partial charge in [0.15, 0.2) is 0 Å². The standard InChI is InChI=1S/C28H29ClF3N3O4/c29-17-2-3-23-21(12-17)27(26(38)33-23)5-7-34(8-6-27)9-10-39-20-11-16-1-4-24(37)35(18-13-19(36)14-18)25(16)22(15-20)28(30,31)32/h2-3,11-12,15,18-19,36H,1,4-10,13-14H2,(H,33,38). The Morgan fingerprint density at radius 2 is 1.85 bits per heavy atom. The molecule has 4 aliphatic rings. The van der Waals surface area contributed by atoms with E-state index in [1.807, 2.05) is 12.1 Å². The molecule has 1 spiro atoms. The number of nitrogens with one attached hydrogen (secondary N) is 1. The van der Waals surface area contributed by atoms with Gasteiger partial charge in [0.1, 0.15) is 12.4 Å². The van der Waals surface area contributed by atoms with Crippen LogP contribution in [0, 0.1) is 0 Å². The van der Waals surface area contributed by atoms with E-state index in [0.717, 1.165) is 17.3 Å². The Kier molecular flexibility index (Phi) is 6.55. The fraction of sp³-hybridized carbons (Fsp3) is 0.500. The van der Waals surface area contributed by atoms with Crippen molar-refractivity contribution in [1.29, 1.82) is 0 Å². The molecule has 7 nitrogen and oxygen atoms in total. The Hall–Kier alpha value is -2.82. The zero-order valence-corrected chi connectivity index (χ0v) is 21.9. The van der Waals surface area contributed by atoms with Gasteiger partial charge in [-0.1, -0.05) is 11.6 Å². The molecule has 0 unspecified atom stereocenters. The molecule has 2 amide bonds. The lowest BCUT2D eigenvalue weighted by Crippen LogP contribution is -2.52. The van der Waals surface area contributed by atoms with Gasteiger partial charge in [-0.05, 0) is 86.7 Å². The van der Waals surface area contributed by atoms with Crippen LogP contribution in [0.25, 0.3) is 0 Å². The first-order valence-corrected chi connectivity index (χ1v) is 13.6. The van der Waals surface area contributed by atoms with E-state index >= 15 is 0 Å². The van der Waals surface area contributed by atoms with Gasteiger partial charge in [-0.15, -0.1) is 0 Å². The predicted molar refractivity (Wildman–Crippen MR) is 139 cm³/mol. The van der Waals surface area contributed by atoms with E-state index < -0.39 is 29.3 Å². The number of aliphatic hydroxyl groups excluding tert-OH is 1. The second-order valence-corrected chi connectivity index (χ2v) is 11.4. The number of piperidine rings is 1. The predicted octanol–water partition coefficient (Wildman–Crippen LogP) is 4.53. The number of carbonyl (C=O) groups is 2. The Labute approximate surface area is 228 Å². The Balaban J connectivity index is 1.13. The summed E-state index contributed by atoms with van der Waals surface area (Å²) in [6, 6.07) is 7.59. The van der Waals surface area contributed by atoms with Crippen molar-refractivity contribution < 1.29 is 32.6 Å². The first-order chi connectivity index (χ1) is 18.5. The van der Waals surface area contributed by atoms with Crippen LogP contribution in [0.2, 0.25) is 5.02 Å². The number of aryl methyl sites for hydroxylation is 1. The third-order valence-corrected chi connectivity index (χ3v) is 8.84. The van der Waals surface area contributed by atoms with Gasteiger partial charge >= 0.3 is 6.18 Å². The van der Waals surface area contributed by atoms with Crippen LogP contribution in [-0.2, 0) is 27.6 Å². The minimum Gasteiger partial charge on any atom is -0.492 e. The molecule has 2 N–H and O–H groups in total. The number of alkyl halides is 3. The van der Waals surface area contributed by atoms with Crippen LogP contribution in [0.3, 0.4) is 0 Å². The number of benzene rings is 2. The molecule has 1 saturated carbocycles. The van der Waals surface area contributed by atoms with E-state index in [9.17, 15) is 27.9 Å². The average Bonchev–Trinajstić information content (AvgIpc) is 3.13. The number of ether oxygens (including phenoxy) is 1. The fourth-order valence-electron chi connectivity index (χ4n) is 6.42. The second-order valence-electron chi connectivity index (χ2n) is 10.9. The molecule has 0 atom stereocenters. The molecule has 2 aromatic rings. The number of anilines is 2. The first kappa shape index (κ1) is 26.4. The molecule has 0 aromatic heterocycles. The van der Waals surface area contributed by atoms with Gasteiger partial charge in [0.05, 0.1) is 22.8 Å². The Morgan fingerprint density at radius 3 is 2.54 bits per heavy atom. The van der Waals surface area contributed by atoms with Crippen molar-refractivity contribution in [2.75, 3.05) is 36.5 Å². The minimum absolute atomic E-state index is 0.0201. The maximum Gasteiger partial charge on any atom is 0.418 e. The lowest BCUT2D eigenvalue weighted by atomic mass is 9.73. The van der Waals surface area contributed by atoms with Gasteiger partial charge < -0.3 is 20.1 Å². The van der Waals surface area contributed by atoms with Gasteiger partial charge in [0, 0.05) is 29.7 Å². The Bertz CT molecular complexity index is 1320. The maximum absolute atomic E-state index is 14.1. The number of halogens is 4. The van der Waals surface area contributed by atoms with E-state index in [2.05, 4.69) is 10.2 Å². The molecule has 208 valence electrons. The lowest BCUT2D eigenvalue weighted by molar-refractivity contribution is -0.137. The highest BCUT2D eigenvalue weighted by Gasteiger charge is 2.48. The molecule has 0 radical (unpaired) electrons. The molecule has 6 rings (SSSR count). The number of amides is 2. The molecule has 0 bridgehead atoms. The summed E-state index contributed by atoms with van der Waals surface area (Å²) in [5, 5.41) is 13.2. The van der Waals surface area contributed by atoms with Gasteiger partial charge in [-0.25, -0.2) is 0 Å². The van der Waals surface area contributed by atoms with E-state index in [4.69, 9.17) is 16.3 Å². The monoisotopic (exact) mass is 563 g/mol. The zero-order chi connectivity index (χ0) is 27.5. The summed E-state index contributed by atoms with van der Waals surface area (Å²) >= 11 is 6.19. The third-order valence-electron chi connectivity index (χ3n) is 8.60. The number of hydrogen-bond acceptors (Lipinski definition) is 5. The number of carbonyl (C=O) groups excluding carboxylic acids is 2. The van der Waals surface area contributed by atoms with E-state index in [0.29, 0.717) is 43.1 Å². The normalized spacial score (nSPS) is 24.3. The van der Waals surface area contributed by atoms with Crippen molar-refractivity contribution >= 4 is 34.8 Å². The number of nitrogens with zero attached hydrogens (tertiary/aromatic N) is 2. The number of likely N-dealkylation sites (tertiary alicyclic amines) is 1. The fourth-order valence-corrected chi connectivity index (χ4v) is 6.59. The summed E-state index contributed by atoms with van der Waals surface area (Å²) in [6.45, 7) is 1.98. The van der Waals surface area contributed by atoms with Gasteiger partial charge in [-0.2, -0.15) is 13.2 Å². The van der Waals surface area contributed by atoms with Crippen molar-refractivity contribution in [3.8, 4) is 5.75 Å². The molecule has 1 aliphatic carbocycles. The molecular weight excluding hydrogens is 535 g/mol. The molecule has 39 heavy (non-hydrogen) atoms. The topological polar surface area (TPSA) is 82.1 Å². The van der Waals surface area contributed by atoms with Crippen molar-refractivity contribution in [3.63, 3.8) is 0 Å². The van der Waals surface area contributed by atoms with Gasteiger partial charge in [0.25, 0.3) is 0 Å². The van der Waals surface area contributed by atoms with Crippen molar-refractivity contribution in [2.45, 2.75) is 62.3 Å². The summed E-state index contributed by atoms with van der Waals surface area (Å²) in [5.41, 5.74) is 0.562. The SMILES string of the molecule is O=C1CCc2cc(OCCN3CCC4(CC3)C(=O)Nc3ccc(Cl)cc34)cc(C(F)(F)F)c2N1C1CC(O)C1. The summed E-state index contributed by atoms with van der Waals surface area (Å²) in [7, 11) is 0. The highest BCUT2D eigenvalue weighted by molar-refractivity contribution is 6.31. The summed E-state index contributed by atoms with van der Waals surface area (Å²) < 4.78 is 48.3. The molecule has 2 aromatic carbocycles. The minimum atomic E-state index is -4.66. The average molecular weight is 564 g/mol. The largest absolute Gasteiger partial charge is 0.492 e. The zero-order valence-electron chi connectivity index (χ0n) is 21.2. The van der Waals surface area contributed by atoms with Crippen LogP contribution in [0.5, 0.6) is 5.75 Å². The molecule has 1 saturated heterocycles. The highest BCUT2D eigenvalue weighted by Crippen LogP contribution is 2.47. The molecule has 2 fully saturated rings. The molecule has 3 heterocycles. The van der Waals surface area contributed by atoms with Crippen LogP contribution in [0.4, 0.5) is 24.5 Å². The molecular formula is C28H29ClF3N3O4. The van der Waals surface area contributed by atoms with Gasteiger partial charge in [-0.3, -0.25) is 14.5 Å². The van der Waals surface area contributed by atoms with Crippen LogP contribution >= 0.6 is 11.6 Å². The van der Waals surface area contributed by atoms with Crippen molar-refractivity contribution in [3.05, 3.63) is 52.0 Å². The molecule has 3 aliphatic heterocycles. The number of aliphatic hydroxyl groups is 1. The maximum atomic E-state index is 14.1. The number of hydrogen-bond donors (Lipinski definition) is 2. The Morgan fingerprint density at radius 1 is 1.10 bits per heavy atom. The van der Waals surface area contributed by atoms with Crippen molar-refractivity contribution in [2.24, 2.45) is 0 Å². The summed E-state index contributed by atoms with van der Waals surface area (Å²) in [4.78, 5) is 28.9. The van der Waals surface area contributed by atoms with Gasteiger partial charge in [0.2, 0.25) is 11.8 Å². The van der Waals surface area contributed by atoms with Crippen LogP contribution in [0.15, 0.2) is 30.3 Å². The lowest BCUT2D eigenvalue weighted by Gasteiger charge is -2.44. The van der Waals surface area contributed by atoms with E-state index in [1.165, 1.54) is 4.90 Å². The summed E-state index contributed by atoms with van der Waals surface area (Å²) in [5.74, 6) is -0.244. The van der Waals surface area contributed by atoms with Crippen molar-refractivity contribution in [1.82, 2.24) is 4.90 Å². The first-order valence-electron chi connectivity index (χ1n) is 13.3. The quantitative estimate of drug-likeness (QED) is 0.559. The highest BCUT2D eigenvalue weighted by atomic mass is 35.5. The number of rotatable bonds is 5. The number of fused-ring (bicyclic) bond motifs is 3. The van der Waals surface area contributed by atoms with E-state index in [1.54, 1.807) is 12.1 Å². The summed E-state index contributed by atoms with van der Waals surface area (Å²) in [6.07, 6.45) is -3.14. The smallest absolute Gasteiger partial charge is 0.418 e. The van der Waals surface area contributed by atoms with E-state index in [-0.39, 0.29) is 55.5 Å². The van der Waals surface area contributed by atoms with Crippen LogP contribution in [-0.4, -0.2) is 60.2 Å².